The molecule has 0 aromatic heterocycles. The highest BCUT2D eigenvalue weighted by Gasteiger charge is 2.54. The van der Waals surface area contributed by atoms with Crippen molar-refractivity contribution in [2.24, 2.45) is 0 Å². The number of nitrogens with one attached hydrogen (secondary N) is 1. The van der Waals surface area contributed by atoms with Gasteiger partial charge in [0, 0.05) is 11.7 Å². The van der Waals surface area contributed by atoms with Crippen LogP contribution in [0.15, 0.2) is 41.9 Å². The Kier molecular flexibility index (Phi) is 4.53. The van der Waals surface area contributed by atoms with Crippen molar-refractivity contribution in [1.29, 1.82) is 0 Å². The van der Waals surface area contributed by atoms with Crippen LogP contribution in [-0.4, -0.2) is 40.3 Å². The summed E-state index contributed by atoms with van der Waals surface area (Å²) in [6, 6.07) is 9.18. The summed E-state index contributed by atoms with van der Waals surface area (Å²) in [4.78, 5) is 21.0. The number of rotatable bonds is 6. The first-order chi connectivity index (χ1) is 10.5. The number of hydrogen-bond donors (Lipinski definition) is 1. The van der Waals surface area contributed by atoms with Gasteiger partial charge in [-0.2, -0.15) is 5.01 Å². The zero-order valence-electron chi connectivity index (χ0n) is 12.0. The van der Waals surface area contributed by atoms with Crippen molar-refractivity contribution in [3.8, 4) is 0 Å². The molecule has 1 aromatic carbocycles. The number of hydrogen-bond acceptors (Lipinski definition) is 8. The third-order valence-corrected chi connectivity index (χ3v) is 3.20. The average molecular weight is 309 g/mol. The predicted molar refractivity (Wildman–Crippen MR) is 74.7 cm³/mol. The number of methoxy groups -OCH3 is 1. The maximum absolute atomic E-state index is 11.3. The maximum atomic E-state index is 11.3. The van der Waals surface area contributed by atoms with E-state index in [1.165, 1.54) is 14.2 Å². The van der Waals surface area contributed by atoms with Gasteiger partial charge in [-0.3, -0.25) is 10.1 Å². The fourth-order valence-corrected chi connectivity index (χ4v) is 2.20. The van der Waals surface area contributed by atoms with Gasteiger partial charge in [-0.15, -0.1) is 0 Å². The van der Waals surface area contributed by atoms with Gasteiger partial charge in [0.15, 0.2) is 0 Å². The van der Waals surface area contributed by atoms with Gasteiger partial charge in [-0.05, 0) is 10.5 Å². The number of nitrogens with zero attached hydrogens (tertiary/aromatic N) is 4. The fraction of sp³-hybridized carbons (Fsp3) is 0.333. The van der Waals surface area contributed by atoms with Crippen molar-refractivity contribution in [1.82, 2.24) is 15.6 Å². The van der Waals surface area contributed by atoms with E-state index in [1.807, 2.05) is 30.3 Å². The summed E-state index contributed by atoms with van der Waals surface area (Å²) in [6.45, 7) is 0.275. The Labute approximate surface area is 125 Å². The first-order valence-corrected chi connectivity index (χ1v) is 6.33. The summed E-state index contributed by atoms with van der Waals surface area (Å²) < 4.78 is 4.88. The predicted octanol–water partition coefficient (Wildman–Crippen LogP) is 0.549. The molecule has 1 atom stereocenters. The Morgan fingerprint density at radius 3 is 2.41 bits per heavy atom. The van der Waals surface area contributed by atoms with Crippen molar-refractivity contribution in [3.63, 3.8) is 0 Å². The number of benzene rings is 1. The van der Waals surface area contributed by atoms with Crippen LogP contribution in [-0.2, 0) is 11.3 Å². The number of ether oxygens (including phenoxy) is 1. The summed E-state index contributed by atoms with van der Waals surface area (Å²) in [7, 11) is 2.53. The lowest BCUT2D eigenvalue weighted by Crippen LogP contribution is -2.52. The van der Waals surface area contributed by atoms with E-state index in [4.69, 9.17) is 4.74 Å². The van der Waals surface area contributed by atoms with Crippen molar-refractivity contribution in [2.75, 3.05) is 14.2 Å². The minimum atomic E-state index is -1.50. The van der Waals surface area contributed by atoms with Gasteiger partial charge in [0.2, 0.25) is 0 Å². The van der Waals surface area contributed by atoms with E-state index in [-0.39, 0.29) is 12.3 Å². The summed E-state index contributed by atoms with van der Waals surface area (Å²) in [5.41, 5.74) is 3.70. The molecule has 1 heterocycles. The molecule has 1 unspecified atom stereocenters. The Bertz CT molecular complexity index is 605. The summed E-state index contributed by atoms with van der Waals surface area (Å²) >= 11 is 0. The van der Waals surface area contributed by atoms with Crippen LogP contribution in [0.5, 0.6) is 0 Å². The molecule has 0 bridgehead atoms. The number of hydrazine groups is 2. The van der Waals surface area contributed by atoms with Gasteiger partial charge in [0.05, 0.1) is 19.1 Å². The molecule has 1 aliphatic heterocycles. The molecule has 0 amide bonds. The van der Waals surface area contributed by atoms with Gasteiger partial charge in [0.1, 0.15) is 0 Å². The molecule has 1 N–H and O–H groups in total. The fourth-order valence-electron chi connectivity index (χ4n) is 2.20. The Morgan fingerprint density at radius 2 is 1.91 bits per heavy atom. The van der Waals surface area contributed by atoms with Crippen LogP contribution in [0.1, 0.15) is 5.56 Å². The third kappa shape index (κ3) is 2.82. The molecule has 2 rings (SSSR count). The zero-order chi connectivity index (χ0) is 16.3. The monoisotopic (exact) mass is 309 g/mol. The molecular formula is C12H15N5O5. The molecule has 1 aliphatic rings. The van der Waals surface area contributed by atoms with Crippen LogP contribution in [0.4, 0.5) is 0 Å². The molecular weight excluding hydrogens is 294 g/mol. The SMILES string of the molecule is COC1=C([N+](=O)[O-])N(C)N(NCc2ccccc2)C1[N+](=O)[O-]. The van der Waals surface area contributed by atoms with E-state index in [0.29, 0.717) is 0 Å². The van der Waals surface area contributed by atoms with Crippen LogP contribution in [0, 0.1) is 20.2 Å². The van der Waals surface area contributed by atoms with Crippen LogP contribution in [0.3, 0.4) is 0 Å². The van der Waals surface area contributed by atoms with Crippen LogP contribution < -0.4 is 5.43 Å². The highest BCUT2D eigenvalue weighted by molar-refractivity contribution is 5.15. The standard InChI is InChI=1S/C12H15N5O5/c1-14-11(16(18)19)10(22-2)12(17(20)21)15(14)13-8-9-6-4-3-5-7-9/h3-7,12-13H,8H2,1-2H3. The third-order valence-electron chi connectivity index (χ3n) is 3.20. The van der Waals surface area contributed by atoms with E-state index in [9.17, 15) is 20.2 Å². The van der Waals surface area contributed by atoms with E-state index in [1.54, 1.807) is 0 Å². The lowest BCUT2D eigenvalue weighted by atomic mass is 10.2. The minimum absolute atomic E-state index is 0.275. The molecule has 0 fully saturated rings. The molecule has 1 aromatic rings. The van der Waals surface area contributed by atoms with Crippen molar-refractivity contribution in [3.05, 3.63) is 67.7 Å². The average Bonchev–Trinajstić information content (AvgIpc) is 2.78. The molecule has 10 heteroatoms. The summed E-state index contributed by atoms with van der Waals surface area (Å²) in [5.74, 6) is -0.789. The van der Waals surface area contributed by atoms with Crippen molar-refractivity contribution < 1.29 is 14.6 Å². The molecule has 0 saturated carbocycles. The first kappa shape index (κ1) is 15.7. The van der Waals surface area contributed by atoms with Crippen molar-refractivity contribution in [2.45, 2.75) is 12.7 Å². The van der Waals surface area contributed by atoms with Gasteiger partial charge >= 0.3 is 12.0 Å². The van der Waals surface area contributed by atoms with E-state index >= 15 is 0 Å². The van der Waals surface area contributed by atoms with Gasteiger partial charge in [-0.25, -0.2) is 5.43 Å². The first-order valence-electron chi connectivity index (χ1n) is 6.33. The zero-order valence-corrected chi connectivity index (χ0v) is 12.0. The molecule has 0 radical (unpaired) electrons. The van der Waals surface area contributed by atoms with Crippen molar-refractivity contribution >= 4 is 0 Å². The highest BCUT2D eigenvalue weighted by atomic mass is 16.7. The van der Waals surface area contributed by atoms with Crippen LogP contribution >= 0.6 is 0 Å². The molecule has 0 saturated heterocycles. The topological polar surface area (TPSA) is 114 Å². The minimum Gasteiger partial charge on any atom is -0.487 e. The second-order valence-electron chi connectivity index (χ2n) is 4.50. The quantitative estimate of drug-likeness (QED) is 0.598. The molecule has 0 aliphatic carbocycles. The molecule has 10 nitrogen and oxygen atoms in total. The van der Waals surface area contributed by atoms with E-state index < -0.39 is 21.8 Å². The molecule has 0 spiro atoms. The Balaban J connectivity index is 2.24. The highest BCUT2D eigenvalue weighted by Crippen LogP contribution is 2.27. The normalized spacial score (nSPS) is 18.6. The Morgan fingerprint density at radius 1 is 1.27 bits per heavy atom. The second kappa shape index (κ2) is 6.37. The van der Waals surface area contributed by atoms with E-state index in [2.05, 4.69) is 5.43 Å². The lowest BCUT2D eigenvalue weighted by molar-refractivity contribution is -0.555. The molecule has 118 valence electrons. The van der Waals surface area contributed by atoms with Gasteiger partial charge in [0.25, 0.3) is 5.76 Å². The van der Waals surface area contributed by atoms with Gasteiger partial charge in [-0.1, -0.05) is 30.3 Å². The van der Waals surface area contributed by atoms with Gasteiger partial charge < -0.3 is 14.9 Å². The van der Waals surface area contributed by atoms with Crippen LogP contribution in [0.25, 0.3) is 0 Å². The molecule has 22 heavy (non-hydrogen) atoms. The smallest absolute Gasteiger partial charge is 0.385 e. The second-order valence-corrected chi connectivity index (χ2v) is 4.50. The maximum Gasteiger partial charge on any atom is 0.385 e. The Hall–Kier alpha value is -2.72. The van der Waals surface area contributed by atoms with E-state index in [0.717, 1.165) is 15.7 Å². The largest absolute Gasteiger partial charge is 0.487 e. The summed E-state index contributed by atoms with van der Waals surface area (Å²) in [5, 5.41) is 24.5. The number of nitro groups is 2. The lowest BCUT2D eigenvalue weighted by Gasteiger charge is -2.21. The summed E-state index contributed by atoms with van der Waals surface area (Å²) in [6.07, 6.45) is -1.50. The van der Waals surface area contributed by atoms with Crippen LogP contribution in [0.2, 0.25) is 0 Å².